The van der Waals surface area contributed by atoms with Crippen LogP contribution in [0.25, 0.3) is 116 Å². The fourth-order valence-corrected chi connectivity index (χ4v) is 8.79. The lowest BCUT2D eigenvalue weighted by Crippen LogP contribution is -2.02. The highest BCUT2D eigenvalue weighted by molar-refractivity contribution is 6.14. The summed E-state index contributed by atoms with van der Waals surface area (Å²) in [5.41, 5.74) is 8.41. The van der Waals surface area contributed by atoms with E-state index in [0.717, 1.165) is 55.3 Å². The van der Waals surface area contributed by atoms with Gasteiger partial charge in [0.1, 0.15) is 0 Å². The fourth-order valence-electron chi connectivity index (χ4n) is 8.79. The van der Waals surface area contributed by atoms with Gasteiger partial charge in [-0.3, -0.25) is 0 Å². The lowest BCUT2D eigenvalue weighted by molar-refractivity contribution is 1.07. The lowest BCUT2D eigenvalue weighted by Gasteiger charge is -2.17. The first kappa shape index (κ1) is 33.2. The molecule has 59 heavy (non-hydrogen) atoms. The maximum atomic E-state index is 5.25. The molecule has 0 bridgehead atoms. The van der Waals surface area contributed by atoms with Gasteiger partial charge in [-0.25, -0.2) is 15.0 Å². The highest BCUT2D eigenvalue weighted by Crippen LogP contribution is 2.40. The summed E-state index contributed by atoms with van der Waals surface area (Å²) in [5, 5.41) is 11.9. The number of benzene rings is 10. The van der Waals surface area contributed by atoms with Crippen LogP contribution >= 0.6 is 0 Å². The zero-order valence-corrected chi connectivity index (χ0v) is 31.9. The molecular weight excluding hydrogens is 717 g/mol. The first-order valence-corrected chi connectivity index (χ1v) is 20.0. The summed E-state index contributed by atoms with van der Waals surface area (Å²) in [7, 11) is 0. The van der Waals surface area contributed by atoms with Crippen LogP contribution in [0.15, 0.2) is 206 Å². The van der Waals surface area contributed by atoms with Crippen molar-refractivity contribution in [1.29, 1.82) is 0 Å². The Morgan fingerprint density at radius 2 is 0.678 bits per heavy atom. The van der Waals surface area contributed by atoms with Crippen molar-refractivity contribution in [2.45, 2.75) is 0 Å². The average molecular weight is 751 g/mol. The monoisotopic (exact) mass is 750 g/mol. The van der Waals surface area contributed by atoms with E-state index in [4.69, 9.17) is 15.0 Å². The third-order valence-corrected chi connectivity index (χ3v) is 11.7. The van der Waals surface area contributed by atoms with Crippen molar-refractivity contribution in [1.82, 2.24) is 19.5 Å². The number of hydrogen-bond donors (Lipinski definition) is 0. The van der Waals surface area contributed by atoms with Crippen molar-refractivity contribution in [2.24, 2.45) is 0 Å². The molecule has 0 aliphatic carbocycles. The van der Waals surface area contributed by atoms with E-state index in [2.05, 4.69) is 211 Å². The van der Waals surface area contributed by atoms with Crippen LogP contribution in [-0.4, -0.2) is 19.5 Å². The number of rotatable bonds is 5. The van der Waals surface area contributed by atoms with Gasteiger partial charge in [0.05, 0.1) is 16.7 Å². The highest BCUT2D eigenvalue weighted by atomic mass is 15.0. The molecule has 2 heterocycles. The van der Waals surface area contributed by atoms with Crippen LogP contribution < -0.4 is 0 Å². The van der Waals surface area contributed by atoms with E-state index < -0.39 is 0 Å². The molecule has 0 aliphatic rings. The maximum Gasteiger partial charge on any atom is 0.164 e. The van der Waals surface area contributed by atoms with Gasteiger partial charge < -0.3 is 4.57 Å². The quantitative estimate of drug-likeness (QED) is 0.176. The second-order valence-corrected chi connectivity index (χ2v) is 15.3. The van der Waals surface area contributed by atoms with Crippen molar-refractivity contribution >= 4 is 64.9 Å². The van der Waals surface area contributed by atoms with Crippen molar-refractivity contribution < 1.29 is 0 Å². The molecule has 4 heteroatoms. The van der Waals surface area contributed by atoms with Gasteiger partial charge in [-0.15, -0.1) is 0 Å². The molecule has 0 unspecified atom stereocenters. The van der Waals surface area contributed by atoms with Crippen LogP contribution in [0.5, 0.6) is 0 Å². The van der Waals surface area contributed by atoms with Gasteiger partial charge in [-0.2, -0.15) is 0 Å². The van der Waals surface area contributed by atoms with Crippen LogP contribution in [0.1, 0.15) is 0 Å². The molecule has 10 aromatic carbocycles. The van der Waals surface area contributed by atoms with Gasteiger partial charge in [0.15, 0.2) is 17.5 Å². The Balaban J connectivity index is 1.12. The van der Waals surface area contributed by atoms with Crippen molar-refractivity contribution in [2.75, 3.05) is 0 Å². The number of aromatic nitrogens is 4. The van der Waals surface area contributed by atoms with E-state index in [-0.39, 0.29) is 0 Å². The maximum absolute atomic E-state index is 5.25. The van der Waals surface area contributed by atoms with E-state index in [1.165, 1.54) is 43.1 Å². The lowest BCUT2D eigenvalue weighted by atomic mass is 9.97. The van der Waals surface area contributed by atoms with Crippen LogP contribution in [0.2, 0.25) is 0 Å². The third-order valence-electron chi connectivity index (χ3n) is 11.7. The smallest absolute Gasteiger partial charge is 0.164 e. The first-order valence-electron chi connectivity index (χ1n) is 20.0. The molecule has 0 atom stereocenters. The zero-order chi connectivity index (χ0) is 38.9. The van der Waals surface area contributed by atoms with Crippen LogP contribution in [-0.2, 0) is 0 Å². The van der Waals surface area contributed by atoms with Gasteiger partial charge in [0.2, 0.25) is 0 Å². The zero-order valence-electron chi connectivity index (χ0n) is 31.9. The Morgan fingerprint density at radius 1 is 0.271 bits per heavy atom. The molecule has 0 aliphatic heterocycles. The molecule has 12 aromatic rings. The Bertz CT molecular complexity index is 3540. The summed E-state index contributed by atoms with van der Waals surface area (Å²) in [6.45, 7) is 0. The summed E-state index contributed by atoms with van der Waals surface area (Å²) in [5.74, 6) is 1.89. The summed E-state index contributed by atoms with van der Waals surface area (Å²) in [4.78, 5) is 15.7. The predicted octanol–water partition coefficient (Wildman–Crippen LogP) is 14.2. The van der Waals surface area contributed by atoms with Crippen molar-refractivity contribution in [3.8, 4) is 51.0 Å². The molecule has 12 rings (SSSR count). The minimum absolute atomic E-state index is 0.619. The van der Waals surface area contributed by atoms with Gasteiger partial charge in [-0.1, -0.05) is 152 Å². The van der Waals surface area contributed by atoms with E-state index in [9.17, 15) is 0 Å². The molecule has 0 amide bonds. The standard InChI is InChI=1S/C55H34N4/c1-4-14-38-29-43(24-21-35(38)11-1)48-33-46(27-28-51(48)59-50-20-10-9-19-47(50)49-32-41-17-7-8-18-42(41)34-52(49)59)55-57-53(44-25-22-36-12-2-5-15-39(36)30-44)56-54(58-55)45-26-23-37-13-3-6-16-40(37)31-45/h1-34H. The van der Waals surface area contributed by atoms with Gasteiger partial charge in [0, 0.05) is 33.0 Å². The number of hydrogen-bond acceptors (Lipinski definition) is 3. The molecule has 274 valence electrons. The predicted molar refractivity (Wildman–Crippen MR) is 246 cm³/mol. The summed E-state index contributed by atoms with van der Waals surface area (Å²) in [6, 6.07) is 73.7. The molecule has 0 saturated heterocycles. The van der Waals surface area contributed by atoms with E-state index in [0.29, 0.717) is 17.5 Å². The summed E-state index contributed by atoms with van der Waals surface area (Å²) < 4.78 is 2.43. The fraction of sp³-hybridized carbons (Fsp3) is 0. The second-order valence-electron chi connectivity index (χ2n) is 15.3. The Hall–Kier alpha value is -7.95. The summed E-state index contributed by atoms with van der Waals surface area (Å²) >= 11 is 0. The van der Waals surface area contributed by atoms with Gasteiger partial charge in [-0.05, 0) is 103 Å². The molecule has 0 saturated carbocycles. The average Bonchev–Trinajstić information content (AvgIpc) is 3.62. The van der Waals surface area contributed by atoms with E-state index >= 15 is 0 Å². The molecule has 0 fully saturated rings. The Labute approximate surface area is 340 Å². The number of fused-ring (bicyclic) bond motifs is 7. The van der Waals surface area contributed by atoms with Gasteiger partial charge >= 0.3 is 0 Å². The normalized spacial score (nSPS) is 11.7. The second kappa shape index (κ2) is 13.3. The molecule has 0 radical (unpaired) electrons. The molecule has 0 N–H and O–H groups in total. The van der Waals surface area contributed by atoms with Crippen LogP contribution in [0.4, 0.5) is 0 Å². The highest BCUT2D eigenvalue weighted by Gasteiger charge is 2.20. The molecular formula is C55H34N4. The van der Waals surface area contributed by atoms with E-state index in [1.807, 2.05) is 0 Å². The largest absolute Gasteiger partial charge is 0.309 e. The van der Waals surface area contributed by atoms with Crippen molar-refractivity contribution in [3.63, 3.8) is 0 Å². The van der Waals surface area contributed by atoms with Gasteiger partial charge in [0.25, 0.3) is 0 Å². The van der Waals surface area contributed by atoms with Crippen molar-refractivity contribution in [3.05, 3.63) is 206 Å². The van der Waals surface area contributed by atoms with Crippen LogP contribution in [0, 0.1) is 0 Å². The molecule has 2 aromatic heterocycles. The minimum atomic E-state index is 0.619. The SMILES string of the molecule is c1ccc2cc(-c3nc(-c4ccc(-n5c6ccccc6c6cc7ccccc7cc65)c(-c5ccc6ccccc6c5)c4)nc(-c4ccc5ccccc5c4)n3)ccc2c1. The number of nitrogens with zero attached hydrogens (tertiary/aromatic N) is 4. The van der Waals surface area contributed by atoms with E-state index in [1.54, 1.807) is 0 Å². The molecule has 0 spiro atoms. The Kier molecular flexibility index (Phi) is 7.50. The summed E-state index contributed by atoms with van der Waals surface area (Å²) in [6.07, 6.45) is 0. The first-order chi connectivity index (χ1) is 29.2. The minimum Gasteiger partial charge on any atom is -0.309 e. The topological polar surface area (TPSA) is 43.6 Å². The van der Waals surface area contributed by atoms with Crippen LogP contribution in [0.3, 0.4) is 0 Å². The number of para-hydroxylation sites is 1. The third kappa shape index (κ3) is 5.65. The Morgan fingerprint density at radius 3 is 1.24 bits per heavy atom. The molecule has 4 nitrogen and oxygen atoms in total.